The van der Waals surface area contributed by atoms with Gasteiger partial charge in [-0.25, -0.2) is 4.98 Å². The van der Waals surface area contributed by atoms with E-state index in [0.717, 1.165) is 28.5 Å². The molecule has 138 valence electrons. The molecule has 2 aromatic carbocycles. The summed E-state index contributed by atoms with van der Waals surface area (Å²) >= 11 is 0. The number of carbonyl (C=O) groups is 1. The molecule has 1 saturated carbocycles. The van der Waals surface area contributed by atoms with Crippen LogP contribution in [0, 0.1) is 5.92 Å². The Morgan fingerprint density at radius 1 is 1.07 bits per heavy atom. The summed E-state index contributed by atoms with van der Waals surface area (Å²) < 4.78 is 5.97. The van der Waals surface area contributed by atoms with Gasteiger partial charge in [0, 0.05) is 5.56 Å². The number of rotatable bonds is 6. The Kier molecular flexibility index (Phi) is 4.62. The van der Waals surface area contributed by atoms with Crippen molar-refractivity contribution in [2.24, 2.45) is 11.7 Å². The Hall–Kier alpha value is -3.15. The Labute approximate surface area is 157 Å². The second kappa shape index (κ2) is 7.23. The van der Waals surface area contributed by atoms with Gasteiger partial charge in [-0.05, 0) is 60.6 Å². The smallest absolute Gasteiger partial charge is 0.248 e. The molecule has 1 amide bonds. The molecule has 6 nitrogen and oxygen atoms in total. The van der Waals surface area contributed by atoms with Gasteiger partial charge in [-0.2, -0.15) is 4.98 Å². The van der Waals surface area contributed by atoms with E-state index in [9.17, 15) is 4.79 Å². The molecule has 0 unspecified atom stereocenters. The number of hydrogen-bond donors (Lipinski definition) is 2. The van der Waals surface area contributed by atoms with Gasteiger partial charge in [0.25, 0.3) is 0 Å². The molecule has 4 N–H and O–H groups in total. The molecule has 1 heterocycles. The predicted molar refractivity (Wildman–Crippen MR) is 105 cm³/mol. The van der Waals surface area contributed by atoms with Crippen LogP contribution in [0.25, 0.3) is 10.9 Å². The van der Waals surface area contributed by atoms with Crippen LogP contribution in [0.3, 0.4) is 0 Å². The summed E-state index contributed by atoms with van der Waals surface area (Å²) in [5.41, 5.74) is 14.6. The van der Waals surface area contributed by atoms with Crippen LogP contribution in [0.5, 0.6) is 5.88 Å². The van der Waals surface area contributed by atoms with Gasteiger partial charge in [-0.3, -0.25) is 4.79 Å². The van der Waals surface area contributed by atoms with Gasteiger partial charge in [-0.15, -0.1) is 0 Å². The van der Waals surface area contributed by atoms with Crippen molar-refractivity contribution in [1.82, 2.24) is 9.97 Å². The summed E-state index contributed by atoms with van der Waals surface area (Å²) in [5.74, 6) is 0.967. The van der Waals surface area contributed by atoms with Crippen molar-refractivity contribution in [3.05, 3.63) is 59.2 Å². The first kappa shape index (κ1) is 17.3. The van der Waals surface area contributed by atoms with Crippen LogP contribution in [-0.2, 0) is 6.42 Å². The van der Waals surface area contributed by atoms with Gasteiger partial charge >= 0.3 is 0 Å². The average molecular weight is 362 g/mol. The number of anilines is 1. The standard InChI is InChI=1S/C21H22N4O2/c22-19(26)16-7-4-13(5-8-16)10-15-6-9-18-17(11-15)20(25-21(23)24-18)27-12-14-2-1-3-14/h4-9,11,14H,1-3,10,12H2,(H2,22,26)(H2,23,24,25). The van der Waals surface area contributed by atoms with Crippen LogP contribution in [0.2, 0.25) is 0 Å². The van der Waals surface area contributed by atoms with Gasteiger partial charge in [0.2, 0.25) is 17.7 Å². The van der Waals surface area contributed by atoms with Crippen LogP contribution < -0.4 is 16.2 Å². The Bertz CT molecular complexity index is 981. The maximum Gasteiger partial charge on any atom is 0.248 e. The number of nitrogens with two attached hydrogens (primary N) is 2. The number of nitrogen functional groups attached to an aromatic ring is 1. The summed E-state index contributed by atoms with van der Waals surface area (Å²) in [5, 5.41) is 0.870. The van der Waals surface area contributed by atoms with Crippen LogP contribution in [-0.4, -0.2) is 22.5 Å². The first-order valence-electron chi connectivity index (χ1n) is 9.16. The van der Waals surface area contributed by atoms with Crippen molar-refractivity contribution >= 4 is 22.8 Å². The van der Waals surface area contributed by atoms with Crippen LogP contribution >= 0.6 is 0 Å². The molecule has 3 aromatic rings. The summed E-state index contributed by atoms with van der Waals surface area (Å²) in [4.78, 5) is 19.8. The minimum Gasteiger partial charge on any atom is -0.477 e. The third-order valence-corrected chi connectivity index (χ3v) is 5.07. The number of fused-ring (bicyclic) bond motifs is 1. The molecule has 4 rings (SSSR count). The fraction of sp³-hybridized carbons (Fsp3) is 0.286. The maximum absolute atomic E-state index is 11.2. The van der Waals surface area contributed by atoms with Gasteiger partial charge < -0.3 is 16.2 Å². The Morgan fingerprint density at radius 3 is 2.48 bits per heavy atom. The highest BCUT2D eigenvalue weighted by Crippen LogP contribution is 2.30. The summed E-state index contributed by atoms with van der Waals surface area (Å²) in [6.07, 6.45) is 4.43. The van der Waals surface area contributed by atoms with E-state index < -0.39 is 5.91 Å². The van der Waals surface area contributed by atoms with Gasteiger partial charge in [0.1, 0.15) is 0 Å². The molecule has 0 saturated heterocycles. The highest BCUT2D eigenvalue weighted by atomic mass is 16.5. The topological polar surface area (TPSA) is 104 Å². The van der Waals surface area contributed by atoms with E-state index in [0.29, 0.717) is 24.0 Å². The average Bonchev–Trinajstić information content (AvgIpc) is 2.61. The lowest BCUT2D eigenvalue weighted by atomic mass is 9.86. The number of ether oxygens (including phenoxy) is 1. The summed E-state index contributed by atoms with van der Waals surface area (Å²) in [6, 6.07) is 13.3. The number of primary amides is 1. The number of nitrogens with zero attached hydrogens (tertiary/aromatic N) is 2. The van der Waals surface area contributed by atoms with E-state index in [4.69, 9.17) is 16.2 Å². The molecule has 0 aliphatic heterocycles. The van der Waals surface area contributed by atoms with Gasteiger partial charge in [0.15, 0.2) is 0 Å². The molecular formula is C21H22N4O2. The second-order valence-corrected chi connectivity index (χ2v) is 7.08. The molecule has 0 atom stereocenters. The molecule has 1 aliphatic rings. The zero-order chi connectivity index (χ0) is 18.8. The SMILES string of the molecule is NC(=O)c1ccc(Cc2ccc3nc(N)nc(OCC4CCC4)c3c2)cc1. The fourth-order valence-electron chi connectivity index (χ4n) is 3.26. The van der Waals surface area contributed by atoms with E-state index in [2.05, 4.69) is 9.97 Å². The van der Waals surface area contributed by atoms with Crippen LogP contribution in [0.1, 0.15) is 40.7 Å². The second-order valence-electron chi connectivity index (χ2n) is 7.08. The van der Waals surface area contributed by atoms with Crippen molar-refractivity contribution in [2.75, 3.05) is 12.3 Å². The first-order chi connectivity index (χ1) is 13.1. The zero-order valence-corrected chi connectivity index (χ0v) is 15.0. The fourth-order valence-corrected chi connectivity index (χ4v) is 3.26. The molecule has 1 aliphatic carbocycles. The van der Waals surface area contributed by atoms with Crippen molar-refractivity contribution in [2.45, 2.75) is 25.7 Å². The number of hydrogen-bond acceptors (Lipinski definition) is 5. The van der Waals surface area contributed by atoms with Gasteiger partial charge in [0.05, 0.1) is 17.5 Å². The van der Waals surface area contributed by atoms with Crippen molar-refractivity contribution in [3.63, 3.8) is 0 Å². The summed E-state index contributed by atoms with van der Waals surface area (Å²) in [6.45, 7) is 0.671. The molecule has 0 radical (unpaired) electrons. The molecule has 27 heavy (non-hydrogen) atoms. The summed E-state index contributed by atoms with van der Waals surface area (Å²) in [7, 11) is 0. The van der Waals surface area contributed by atoms with Crippen molar-refractivity contribution in [3.8, 4) is 5.88 Å². The molecule has 0 bridgehead atoms. The molecule has 1 aromatic heterocycles. The third-order valence-electron chi connectivity index (χ3n) is 5.07. The first-order valence-corrected chi connectivity index (χ1v) is 9.16. The number of benzene rings is 2. The Balaban J connectivity index is 1.59. The third kappa shape index (κ3) is 3.84. The quantitative estimate of drug-likeness (QED) is 0.701. The zero-order valence-electron chi connectivity index (χ0n) is 15.0. The van der Waals surface area contributed by atoms with Gasteiger partial charge in [-0.1, -0.05) is 24.6 Å². The lowest BCUT2D eigenvalue weighted by Gasteiger charge is -2.25. The van der Waals surface area contributed by atoms with Crippen molar-refractivity contribution in [1.29, 1.82) is 0 Å². The highest BCUT2D eigenvalue weighted by Gasteiger charge is 2.19. The monoisotopic (exact) mass is 362 g/mol. The number of aromatic nitrogens is 2. The minimum atomic E-state index is -0.421. The minimum absolute atomic E-state index is 0.223. The maximum atomic E-state index is 11.2. The molecular weight excluding hydrogens is 340 g/mol. The number of amides is 1. The van der Waals surface area contributed by atoms with E-state index in [-0.39, 0.29) is 5.95 Å². The van der Waals surface area contributed by atoms with E-state index >= 15 is 0 Å². The van der Waals surface area contributed by atoms with E-state index in [1.807, 2.05) is 30.3 Å². The molecule has 0 spiro atoms. The molecule has 6 heteroatoms. The molecule has 1 fully saturated rings. The van der Waals surface area contributed by atoms with E-state index in [1.165, 1.54) is 19.3 Å². The highest BCUT2D eigenvalue weighted by molar-refractivity contribution is 5.92. The van der Waals surface area contributed by atoms with Crippen LogP contribution in [0.4, 0.5) is 5.95 Å². The van der Waals surface area contributed by atoms with Crippen LogP contribution in [0.15, 0.2) is 42.5 Å². The lowest BCUT2D eigenvalue weighted by molar-refractivity contribution is 0.100. The lowest BCUT2D eigenvalue weighted by Crippen LogP contribution is -2.20. The normalized spacial score (nSPS) is 14.1. The number of carbonyl (C=O) groups excluding carboxylic acids is 1. The Morgan fingerprint density at radius 2 is 1.81 bits per heavy atom. The largest absolute Gasteiger partial charge is 0.477 e. The van der Waals surface area contributed by atoms with Crippen molar-refractivity contribution < 1.29 is 9.53 Å². The predicted octanol–water partition coefficient (Wildman–Crippen LogP) is 3.08. The van der Waals surface area contributed by atoms with E-state index in [1.54, 1.807) is 12.1 Å².